The van der Waals surface area contributed by atoms with E-state index in [2.05, 4.69) is 24.9 Å². The molecule has 27 heavy (non-hydrogen) atoms. The zero-order valence-corrected chi connectivity index (χ0v) is 18.4. The number of nitrogens with one attached hydrogen (secondary N) is 1. The molecular formula is C22H43NO3S. The van der Waals surface area contributed by atoms with Crippen molar-refractivity contribution in [3.63, 3.8) is 0 Å². The van der Waals surface area contributed by atoms with Crippen LogP contribution in [0, 0.1) is 0 Å². The molecule has 0 saturated heterocycles. The third kappa shape index (κ3) is 18.4. The van der Waals surface area contributed by atoms with E-state index >= 15 is 0 Å². The largest absolute Gasteiger partial charge is 0.480 e. The van der Waals surface area contributed by atoms with Crippen molar-refractivity contribution in [2.45, 2.75) is 122 Å². The Morgan fingerprint density at radius 3 is 1.44 bits per heavy atom. The number of carbonyl (C=O) groups excluding carboxylic acids is 1. The predicted octanol–water partition coefficient (Wildman–Crippen LogP) is 6.14. The van der Waals surface area contributed by atoms with Crippen molar-refractivity contribution in [3.05, 3.63) is 0 Å². The molecule has 0 aromatic rings. The van der Waals surface area contributed by atoms with Gasteiger partial charge >= 0.3 is 5.97 Å². The summed E-state index contributed by atoms with van der Waals surface area (Å²) in [6.45, 7) is 2.27. The SMILES string of the molecule is CCCCCCCCCCCCCCCCCCC(=O)N[C@@H](CS)C(=O)O. The highest BCUT2D eigenvalue weighted by Gasteiger charge is 2.17. The average molecular weight is 402 g/mol. The minimum absolute atomic E-state index is 0.125. The van der Waals surface area contributed by atoms with Crippen molar-refractivity contribution in [2.75, 3.05) is 5.75 Å². The van der Waals surface area contributed by atoms with Crippen LogP contribution in [0.2, 0.25) is 0 Å². The third-order valence-electron chi connectivity index (χ3n) is 5.07. The molecule has 1 atom stereocenters. The fourth-order valence-corrected chi connectivity index (χ4v) is 3.53. The van der Waals surface area contributed by atoms with Crippen LogP contribution >= 0.6 is 12.6 Å². The molecule has 160 valence electrons. The van der Waals surface area contributed by atoms with E-state index in [0.717, 1.165) is 12.8 Å². The van der Waals surface area contributed by atoms with Gasteiger partial charge in [0.2, 0.25) is 5.91 Å². The first-order chi connectivity index (χ1) is 13.1. The van der Waals surface area contributed by atoms with E-state index in [1.54, 1.807) is 0 Å². The predicted molar refractivity (Wildman–Crippen MR) is 118 cm³/mol. The van der Waals surface area contributed by atoms with Crippen molar-refractivity contribution in [2.24, 2.45) is 0 Å². The summed E-state index contributed by atoms with van der Waals surface area (Å²) < 4.78 is 0. The van der Waals surface area contributed by atoms with Crippen LogP contribution in [0.4, 0.5) is 0 Å². The first kappa shape index (κ1) is 26.3. The van der Waals surface area contributed by atoms with E-state index < -0.39 is 12.0 Å². The van der Waals surface area contributed by atoms with E-state index in [1.165, 1.54) is 89.9 Å². The summed E-state index contributed by atoms with van der Waals surface area (Å²) in [5.41, 5.74) is 0. The maximum Gasteiger partial charge on any atom is 0.327 e. The Bertz CT molecular complexity index is 363. The lowest BCUT2D eigenvalue weighted by Crippen LogP contribution is -2.42. The average Bonchev–Trinajstić information content (AvgIpc) is 2.65. The zero-order chi connectivity index (χ0) is 20.2. The number of carbonyl (C=O) groups is 2. The number of aliphatic carboxylic acids is 1. The molecule has 0 saturated carbocycles. The van der Waals surface area contributed by atoms with Gasteiger partial charge in [-0.15, -0.1) is 0 Å². The molecule has 0 aliphatic carbocycles. The molecule has 0 heterocycles. The summed E-state index contributed by atoms with van der Waals surface area (Å²) in [6.07, 6.45) is 21.3. The van der Waals surface area contributed by atoms with Crippen LogP contribution in [0.5, 0.6) is 0 Å². The normalized spacial score (nSPS) is 12.1. The summed E-state index contributed by atoms with van der Waals surface area (Å²) in [6, 6.07) is -0.873. The van der Waals surface area contributed by atoms with E-state index in [0.29, 0.717) is 6.42 Å². The summed E-state index contributed by atoms with van der Waals surface area (Å²) >= 11 is 3.94. The Hall–Kier alpha value is -0.710. The molecule has 4 nitrogen and oxygen atoms in total. The Morgan fingerprint density at radius 1 is 0.741 bits per heavy atom. The first-order valence-electron chi connectivity index (χ1n) is 11.2. The topological polar surface area (TPSA) is 66.4 Å². The van der Waals surface area contributed by atoms with Gasteiger partial charge in [-0.25, -0.2) is 4.79 Å². The lowest BCUT2D eigenvalue weighted by molar-refractivity contribution is -0.141. The first-order valence-corrected chi connectivity index (χ1v) is 11.9. The van der Waals surface area contributed by atoms with Gasteiger partial charge in [-0.3, -0.25) is 4.79 Å². The molecule has 0 aromatic carbocycles. The second kappa shape index (κ2) is 20.0. The lowest BCUT2D eigenvalue weighted by Gasteiger charge is -2.11. The molecule has 1 amide bonds. The molecule has 0 aliphatic rings. The number of rotatable bonds is 20. The van der Waals surface area contributed by atoms with Gasteiger partial charge in [0.15, 0.2) is 0 Å². The van der Waals surface area contributed by atoms with Crippen LogP contribution in [-0.2, 0) is 9.59 Å². The Morgan fingerprint density at radius 2 is 1.11 bits per heavy atom. The molecular weight excluding hydrogens is 358 g/mol. The van der Waals surface area contributed by atoms with Crippen LogP contribution in [0.3, 0.4) is 0 Å². The van der Waals surface area contributed by atoms with Crippen LogP contribution < -0.4 is 5.32 Å². The quantitative estimate of drug-likeness (QED) is 0.170. The monoisotopic (exact) mass is 401 g/mol. The zero-order valence-electron chi connectivity index (χ0n) is 17.5. The van der Waals surface area contributed by atoms with Crippen LogP contribution in [-0.4, -0.2) is 28.8 Å². The Balaban J connectivity index is 3.25. The van der Waals surface area contributed by atoms with E-state index in [9.17, 15) is 9.59 Å². The molecule has 0 unspecified atom stereocenters. The van der Waals surface area contributed by atoms with E-state index in [-0.39, 0.29) is 11.7 Å². The molecule has 0 bridgehead atoms. The smallest absolute Gasteiger partial charge is 0.327 e. The Kier molecular flexibility index (Phi) is 19.5. The number of unbranched alkanes of at least 4 members (excludes halogenated alkanes) is 15. The summed E-state index contributed by atoms with van der Waals surface area (Å²) in [4.78, 5) is 22.5. The molecule has 0 aliphatic heterocycles. The number of amides is 1. The Labute approximate surface area is 172 Å². The van der Waals surface area contributed by atoms with Crippen molar-refractivity contribution < 1.29 is 14.7 Å². The van der Waals surface area contributed by atoms with Gasteiger partial charge in [-0.05, 0) is 6.42 Å². The fraction of sp³-hybridized carbons (Fsp3) is 0.909. The number of carboxylic acid groups (broad SMARTS) is 1. The number of carboxylic acids is 1. The lowest BCUT2D eigenvalue weighted by atomic mass is 10.0. The molecule has 2 N–H and O–H groups in total. The molecule has 0 radical (unpaired) electrons. The maximum absolute atomic E-state index is 11.7. The van der Waals surface area contributed by atoms with Gasteiger partial charge in [0.05, 0.1) is 0 Å². The minimum Gasteiger partial charge on any atom is -0.480 e. The molecule has 0 aromatic heterocycles. The maximum atomic E-state index is 11.7. The summed E-state index contributed by atoms with van der Waals surface area (Å²) in [5.74, 6) is -1.08. The molecule has 0 spiro atoms. The summed E-state index contributed by atoms with van der Waals surface area (Å²) in [7, 11) is 0. The fourth-order valence-electron chi connectivity index (χ4n) is 3.29. The van der Waals surface area contributed by atoms with Crippen molar-refractivity contribution in [1.29, 1.82) is 0 Å². The van der Waals surface area contributed by atoms with E-state index in [1.807, 2.05) is 0 Å². The number of hydrogen-bond donors (Lipinski definition) is 3. The standard InChI is InChI=1S/C22H43NO3S/c1-2-3-4-5-6-7-8-9-10-11-12-13-14-15-16-17-18-21(24)23-20(19-27)22(25)26/h20,27H,2-19H2,1H3,(H,23,24)(H,25,26)/t20-/m0/s1. The molecule has 5 heteroatoms. The van der Waals surface area contributed by atoms with E-state index in [4.69, 9.17) is 5.11 Å². The van der Waals surface area contributed by atoms with Crippen LogP contribution in [0.25, 0.3) is 0 Å². The molecule has 0 fully saturated rings. The van der Waals surface area contributed by atoms with Gasteiger partial charge in [-0.2, -0.15) is 12.6 Å². The van der Waals surface area contributed by atoms with Crippen LogP contribution in [0.15, 0.2) is 0 Å². The van der Waals surface area contributed by atoms with Gasteiger partial charge in [0.1, 0.15) is 6.04 Å². The van der Waals surface area contributed by atoms with Gasteiger partial charge in [0.25, 0.3) is 0 Å². The second-order valence-electron chi connectivity index (χ2n) is 7.69. The van der Waals surface area contributed by atoms with Gasteiger partial charge < -0.3 is 10.4 Å². The number of hydrogen-bond acceptors (Lipinski definition) is 3. The molecule has 0 rings (SSSR count). The van der Waals surface area contributed by atoms with Crippen molar-refractivity contribution in [3.8, 4) is 0 Å². The highest BCUT2D eigenvalue weighted by molar-refractivity contribution is 7.80. The van der Waals surface area contributed by atoms with Gasteiger partial charge in [0, 0.05) is 12.2 Å². The highest BCUT2D eigenvalue weighted by Crippen LogP contribution is 2.14. The second-order valence-corrected chi connectivity index (χ2v) is 8.06. The number of thiol groups is 1. The van der Waals surface area contributed by atoms with Gasteiger partial charge in [-0.1, -0.05) is 103 Å². The summed E-state index contributed by atoms with van der Waals surface area (Å²) in [5, 5.41) is 11.4. The van der Waals surface area contributed by atoms with Crippen LogP contribution in [0.1, 0.15) is 116 Å². The highest BCUT2D eigenvalue weighted by atomic mass is 32.1. The minimum atomic E-state index is -1.02. The van der Waals surface area contributed by atoms with Crippen molar-refractivity contribution >= 4 is 24.5 Å². The third-order valence-corrected chi connectivity index (χ3v) is 5.44. The van der Waals surface area contributed by atoms with Crippen molar-refractivity contribution in [1.82, 2.24) is 5.32 Å².